The van der Waals surface area contributed by atoms with Crippen LogP contribution < -0.4 is 10.1 Å². The molecule has 1 aliphatic rings. The molecule has 1 N–H and O–H groups in total. The molecule has 1 saturated heterocycles. The zero-order valence-corrected chi connectivity index (χ0v) is 21.0. The summed E-state index contributed by atoms with van der Waals surface area (Å²) in [7, 11) is 0. The molecule has 0 aliphatic carbocycles. The molecular formula is C27H26ClFN4O3. The van der Waals surface area contributed by atoms with E-state index in [9.17, 15) is 9.18 Å². The third-order valence-electron chi connectivity index (χ3n) is 6.29. The van der Waals surface area contributed by atoms with Gasteiger partial charge in [-0.15, -0.1) is 0 Å². The Balaban J connectivity index is 1.46. The molecule has 2 aromatic heterocycles. The molecule has 1 fully saturated rings. The number of halogens is 2. The van der Waals surface area contributed by atoms with Crippen molar-refractivity contribution in [3.8, 4) is 11.4 Å². The standard InChI is InChI=1S/C27H26ClFN4O3/c1-15-7-21(17(3)32-27(34)18-12-35-13-18)22(23(28)8-15)14-36-25-6-4-5-20-24(9-16(2)31-26(20)25)33-11-19(29)10-30-33/h4-11,17-18H,12-14H2,1-3H3,(H,32,34)/t17-/m0/s1. The molecule has 3 heterocycles. The van der Waals surface area contributed by atoms with Crippen LogP contribution in [0.1, 0.15) is 35.3 Å². The van der Waals surface area contributed by atoms with Crippen LogP contribution in [0.4, 0.5) is 4.39 Å². The minimum absolute atomic E-state index is 0.0328. The first-order valence-corrected chi connectivity index (χ1v) is 12.1. The fourth-order valence-corrected chi connectivity index (χ4v) is 4.69. The molecule has 1 amide bonds. The second-order valence-corrected chi connectivity index (χ2v) is 9.51. The molecule has 36 heavy (non-hydrogen) atoms. The minimum atomic E-state index is -0.419. The highest BCUT2D eigenvalue weighted by molar-refractivity contribution is 6.31. The number of aryl methyl sites for hydroxylation is 2. The number of nitrogens with one attached hydrogen (secondary N) is 1. The molecule has 4 aromatic rings. The van der Waals surface area contributed by atoms with Crippen LogP contribution in [0.5, 0.6) is 5.75 Å². The number of pyridine rings is 1. The van der Waals surface area contributed by atoms with Crippen molar-refractivity contribution in [2.24, 2.45) is 5.92 Å². The molecule has 7 nitrogen and oxygen atoms in total. The average molecular weight is 509 g/mol. The lowest BCUT2D eigenvalue weighted by Gasteiger charge is -2.27. The van der Waals surface area contributed by atoms with Gasteiger partial charge in [0.25, 0.3) is 0 Å². The zero-order valence-electron chi connectivity index (χ0n) is 20.2. The first kappa shape index (κ1) is 24.2. The molecule has 0 spiro atoms. The third-order valence-corrected chi connectivity index (χ3v) is 6.62. The van der Waals surface area contributed by atoms with E-state index in [2.05, 4.69) is 15.4 Å². The molecule has 5 rings (SSSR count). The van der Waals surface area contributed by atoms with Gasteiger partial charge in [-0.1, -0.05) is 29.8 Å². The summed E-state index contributed by atoms with van der Waals surface area (Å²) >= 11 is 6.66. The number of hydrogen-bond donors (Lipinski definition) is 1. The highest BCUT2D eigenvalue weighted by Gasteiger charge is 2.28. The maximum absolute atomic E-state index is 13.6. The van der Waals surface area contributed by atoms with E-state index in [1.54, 1.807) is 0 Å². The normalized spacial score (nSPS) is 14.5. The first-order valence-electron chi connectivity index (χ1n) is 11.7. The largest absolute Gasteiger partial charge is 0.487 e. The lowest BCUT2D eigenvalue weighted by molar-refractivity contribution is -0.139. The number of para-hydroxylation sites is 1. The minimum Gasteiger partial charge on any atom is -0.487 e. The topological polar surface area (TPSA) is 78.3 Å². The molecule has 1 aliphatic heterocycles. The number of fused-ring (bicyclic) bond motifs is 1. The molecule has 1 atom stereocenters. The smallest absolute Gasteiger partial charge is 0.228 e. The lowest BCUT2D eigenvalue weighted by atomic mass is 9.98. The number of ether oxygens (including phenoxy) is 2. The van der Waals surface area contributed by atoms with Gasteiger partial charge in [-0.2, -0.15) is 5.10 Å². The number of benzene rings is 2. The maximum Gasteiger partial charge on any atom is 0.228 e. The van der Waals surface area contributed by atoms with Crippen molar-refractivity contribution in [1.29, 1.82) is 0 Å². The second-order valence-electron chi connectivity index (χ2n) is 9.11. The van der Waals surface area contributed by atoms with E-state index in [0.29, 0.717) is 35.2 Å². The Labute approximate surface area is 213 Å². The van der Waals surface area contributed by atoms with Crippen LogP contribution in [-0.2, 0) is 16.1 Å². The molecule has 0 unspecified atom stereocenters. The quantitative estimate of drug-likeness (QED) is 0.370. The van der Waals surface area contributed by atoms with Crippen LogP contribution in [0, 0.1) is 25.6 Å². The summed E-state index contributed by atoms with van der Waals surface area (Å²) in [4.78, 5) is 17.2. The van der Waals surface area contributed by atoms with Crippen LogP contribution in [0.25, 0.3) is 16.6 Å². The van der Waals surface area contributed by atoms with Crippen molar-refractivity contribution in [2.75, 3.05) is 13.2 Å². The zero-order chi connectivity index (χ0) is 25.4. The fourth-order valence-electron chi connectivity index (χ4n) is 4.35. The number of hydrogen-bond acceptors (Lipinski definition) is 5. The average Bonchev–Trinajstić information content (AvgIpc) is 3.22. The van der Waals surface area contributed by atoms with E-state index in [1.165, 1.54) is 17.1 Å². The highest BCUT2D eigenvalue weighted by Crippen LogP contribution is 2.32. The van der Waals surface area contributed by atoms with Crippen molar-refractivity contribution in [1.82, 2.24) is 20.1 Å². The molecule has 0 bridgehead atoms. The highest BCUT2D eigenvalue weighted by atomic mass is 35.5. The van der Waals surface area contributed by atoms with Crippen LogP contribution in [0.15, 0.2) is 48.8 Å². The van der Waals surface area contributed by atoms with Crippen LogP contribution in [0.2, 0.25) is 5.02 Å². The fraction of sp³-hybridized carbons (Fsp3) is 0.296. The van der Waals surface area contributed by atoms with Gasteiger partial charge in [-0.3, -0.25) is 4.79 Å². The SMILES string of the molecule is Cc1cc(Cl)c(COc2cccc3c(-n4cc(F)cn4)cc(C)nc23)c([C@H](C)NC(=O)C2COC2)c1. The van der Waals surface area contributed by atoms with E-state index in [-0.39, 0.29) is 24.5 Å². The number of aromatic nitrogens is 3. The Kier molecular flexibility index (Phi) is 6.64. The molecule has 0 radical (unpaired) electrons. The van der Waals surface area contributed by atoms with Crippen LogP contribution in [0.3, 0.4) is 0 Å². The van der Waals surface area contributed by atoms with E-state index in [0.717, 1.165) is 27.8 Å². The number of rotatable bonds is 7. The van der Waals surface area contributed by atoms with E-state index in [4.69, 9.17) is 21.1 Å². The summed E-state index contributed by atoms with van der Waals surface area (Å²) in [6.45, 7) is 6.84. The third kappa shape index (κ3) is 4.79. The Morgan fingerprint density at radius 1 is 1.31 bits per heavy atom. The summed E-state index contributed by atoms with van der Waals surface area (Å²) in [6.07, 6.45) is 2.49. The first-order chi connectivity index (χ1) is 17.3. The van der Waals surface area contributed by atoms with E-state index < -0.39 is 5.82 Å². The van der Waals surface area contributed by atoms with Crippen molar-refractivity contribution >= 4 is 28.4 Å². The van der Waals surface area contributed by atoms with Gasteiger partial charge in [0.15, 0.2) is 5.82 Å². The Morgan fingerprint density at radius 3 is 2.81 bits per heavy atom. The molecular weight excluding hydrogens is 483 g/mol. The lowest BCUT2D eigenvalue weighted by Crippen LogP contribution is -2.43. The van der Waals surface area contributed by atoms with Gasteiger partial charge in [0, 0.05) is 21.7 Å². The number of carbonyl (C=O) groups excluding carboxylic acids is 1. The van der Waals surface area contributed by atoms with Gasteiger partial charge in [0.1, 0.15) is 17.9 Å². The Bertz CT molecular complexity index is 1450. The van der Waals surface area contributed by atoms with Gasteiger partial charge < -0.3 is 14.8 Å². The van der Waals surface area contributed by atoms with Crippen molar-refractivity contribution in [2.45, 2.75) is 33.4 Å². The van der Waals surface area contributed by atoms with Gasteiger partial charge in [-0.05, 0) is 50.1 Å². The molecule has 9 heteroatoms. The van der Waals surface area contributed by atoms with E-state index in [1.807, 2.05) is 57.2 Å². The summed E-state index contributed by atoms with van der Waals surface area (Å²) in [5.74, 6) is -0.00182. The monoisotopic (exact) mass is 508 g/mol. The summed E-state index contributed by atoms with van der Waals surface area (Å²) < 4.78 is 26.5. The number of carbonyl (C=O) groups is 1. The predicted octanol–water partition coefficient (Wildman–Crippen LogP) is 5.23. The molecule has 0 saturated carbocycles. The van der Waals surface area contributed by atoms with Crippen molar-refractivity contribution in [3.05, 3.63) is 82.0 Å². The van der Waals surface area contributed by atoms with Crippen molar-refractivity contribution in [3.63, 3.8) is 0 Å². The number of amides is 1. The summed E-state index contributed by atoms with van der Waals surface area (Å²) in [6, 6.07) is 11.1. The Morgan fingerprint density at radius 2 is 2.11 bits per heavy atom. The van der Waals surface area contributed by atoms with Crippen LogP contribution in [-0.4, -0.2) is 33.9 Å². The van der Waals surface area contributed by atoms with Gasteiger partial charge in [0.2, 0.25) is 5.91 Å². The van der Waals surface area contributed by atoms with Gasteiger partial charge >= 0.3 is 0 Å². The van der Waals surface area contributed by atoms with E-state index >= 15 is 0 Å². The second kappa shape index (κ2) is 9.87. The number of nitrogens with zero attached hydrogens (tertiary/aromatic N) is 3. The van der Waals surface area contributed by atoms with Gasteiger partial charge in [-0.25, -0.2) is 14.1 Å². The Hall–Kier alpha value is -3.49. The van der Waals surface area contributed by atoms with Gasteiger partial charge in [0.05, 0.1) is 43.3 Å². The summed E-state index contributed by atoms with van der Waals surface area (Å²) in [5.41, 5.74) is 4.77. The molecule has 2 aromatic carbocycles. The van der Waals surface area contributed by atoms with Crippen molar-refractivity contribution < 1.29 is 18.7 Å². The van der Waals surface area contributed by atoms with Crippen LogP contribution >= 0.6 is 11.6 Å². The summed E-state index contributed by atoms with van der Waals surface area (Å²) in [5, 5.41) is 8.52. The molecule has 186 valence electrons. The predicted molar refractivity (Wildman–Crippen MR) is 135 cm³/mol. The maximum atomic E-state index is 13.6.